The van der Waals surface area contributed by atoms with E-state index < -0.39 is 65.8 Å². The third-order valence-corrected chi connectivity index (χ3v) is 8.46. The lowest BCUT2D eigenvalue weighted by atomic mass is 9.87. The number of carboxylic acids is 2. The second kappa shape index (κ2) is 16.6. The standard InChI is InChI=1S/C26H41N3O10S/c1-14-5-3-2-4-6-15-9-16(30)10-17(15)24(35)20(11-23(34)39-14)40-13-19(25(36)28-12-22(32)33)29-21(31)8-7-18(27)26(37)38/h4,6,14-20,24,30,35H,2-3,5,7-13,27H2,1H3,(H,28,36)(H,29,31)(H,32,33)(H,37,38)/b6-4+/t14-,15+,16-,17+,18-,19-,20+,24+/m0/s1. The number of carbonyl (C=O) groups is 5. The van der Waals surface area contributed by atoms with Crippen molar-refractivity contribution in [1.82, 2.24) is 10.6 Å². The van der Waals surface area contributed by atoms with E-state index in [4.69, 9.17) is 20.7 Å². The van der Waals surface area contributed by atoms with Gasteiger partial charge in [-0.2, -0.15) is 11.8 Å². The molecule has 2 aliphatic rings. The molecule has 1 aliphatic carbocycles. The summed E-state index contributed by atoms with van der Waals surface area (Å²) >= 11 is 1.06. The zero-order valence-corrected chi connectivity index (χ0v) is 23.4. The number of nitrogens with one attached hydrogen (secondary N) is 2. The van der Waals surface area contributed by atoms with Gasteiger partial charge in [0.25, 0.3) is 0 Å². The number of cyclic esters (lactones) is 1. The van der Waals surface area contributed by atoms with E-state index in [-0.39, 0.29) is 43.0 Å². The number of amides is 2. The third-order valence-electron chi connectivity index (χ3n) is 7.07. The summed E-state index contributed by atoms with van der Waals surface area (Å²) in [5.74, 6) is -5.12. The first-order valence-corrected chi connectivity index (χ1v) is 14.5. The third kappa shape index (κ3) is 11.4. The number of aliphatic carboxylic acids is 2. The molecule has 226 valence electrons. The maximum Gasteiger partial charge on any atom is 0.322 e. The number of thioether (sulfide) groups is 1. The Morgan fingerprint density at radius 3 is 2.60 bits per heavy atom. The predicted molar refractivity (Wildman–Crippen MR) is 145 cm³/mol. The summed E-state index contributed by atoms with van der Waals surface area (Å²) in [5.41, 5.74) is 5.44. The van der Waals surface area contributed by atoms with Crippen molar-refractivity contribution in [2.45, 2.75) is 93.9 Å². The quantitative estimate of drug-likeness (QED) is 0.123. The Bertz CT molecular complexity index is 932. The summed E-state index contributed by atoms with van der Waals surface area (Å²) in [6.07, 6.45) is 4.47. The molecule has 1 heterocycles. The van der Waals surface area contributed by atoms with Crippen LogP contribution in [0.2, 0.25) is 0 Å². The minimum atomic E-state index is -1.29. The van der Waals surface area contributed by atoms with E-state index in [2.05, 4.69) is 10.6 Å². The lowest BCUT2D eigenvalue weighted by Gasteiger charge is -2.30. The number of hydrogen-bond donors (Lipinski definition) is 7. The first kappa shape index (κ1) is 33.5. The molecule has 0 radical (unpaired) electrons. The van der Waals surface area contributed by atoms with Crippen LogP contribution in [0.5, 0.6) is 0 Å². The van der Waals surface area contributed by atoms with Crippen LogP contribution in [0.25, 0.3) is 0 Å². The number of rotatable bonds is 11. The van der Waals surface area contributed by atoms with Gasteiger partial charge in [0, 0.05) is 17.4 Å². The van der Waals surface area contributed by atoms with E-state index in [1.165, 1.54) is 0 Å². The molecule has 13 nitrogen and oxygen atoms in total. The largest absolute Gasteiger partial charge is 0.480 e. The molecule has 2 rings (SSSR count). The highest BCUT2D eigenvalue weighted by Crippen LogP contribution is 2.39. The number of carbonyl (C=O) groups excluding carboxylic acids is 3. The fraction of sp³-hybridized carbons (Fsp3) is 0.731. The highest BCUT2D eigenvalue weighted by Gasteiger charge is 2.41. The van der Waals surface area contributed by atoms with E-state index >= 15 is 0 Å². The summed E-state index contributed by atoms with van der Waals surface area (Å²) in [4.78, 5) is 59.9. The van der Waals surface area contributed by atoms with Crippen molar-refractivity contribution < 1.29 is 49.1 Å². The van der Waals surface area contributed by atoms with Gasteiger partial charge in [0.05, 0.1) is 24.7 Å². The second-order valence-corrected chi connectivity index (χ2v) is 11.7. The first-order valence-electron chi connectivity index (χ1n) is 13.5. The molecule has 40 heavy (non-hydrogen) atoms. The van der Waals surface area contributed by atoms with Gasteiger partial charge in [0.15, 0.2) is 0 Å². The summed E-state index contributed by atoms with van der Waals surface area (Å²) < 4.78 is 5.52. The number of allylic oxidation sites excluding steroid dienone is 2. The average Bonchev–Trinajstić information content (AvgIpc) is 3.26. The zero-order chi connectivity index (χ0) is 29.8. The van der Waals surface area contributed by atoms with Crippen LogP contribution in [0.4, 0.5) is 0 Å². The molecule has 8 atom stereocenters. The van der Waals surface area contributed by atoms with E-state index in [0.29, 0.717) is 19.3 Å². The normalized spacial score (nSPS) is 29.8. The lowest BCUT2D eigenvalue weighted by molar-refractivity contribution is -0.149. The van der Waals surface area contributed by atoms with Gasteiger partial charge in [0.1, 0.15) is 18.6 Å². The average molecular weight is 588 g/mol. The monoisotopic (exact) mass is 587 g/mol. The Labute approximate surface area is 237 Å². The maximum absolute atomic E-state index is 12.8. The number of aliphatic hydroxyl groups is 2. The molecular formula is C26H41N3O10S. The minimum Gasteiger partial charge on any atom is -0.480 e. The molecule has 1 saturated carbocycles. The van der Waals surface area contributed by atoms with Gasteiger partial charge in [-0.3, -0.25) is 24.0 Å². The fourth-order valence-electron chi connectivity index (χ4n) is 4.90. The summed E-state index contributed by atoms with van der Waals surface area (Å²) in [7, 11) is 0. The molecule has 0 aromatic heterocycles. The van der Waals surface area contributed by atoms with Crippen molar-refractivity contribution in [3.8, 4) is 0 Å². The van der Waals surface area contributed by atoms with Crippen molar-refractivity contribution in [3.05, 3.63) is 12.2 Å². The number of aliphatic hydroxyl groups excluding tert-OH is 2. The topological polar surface area (TPSA) is 226 Å². The van der Waals surface area contributed by atoms with Gasteiger partial charge in [0.2, 0.25) is 11.8 Å². The first-order chi connectivity index (χ1) is 18.9. The molecule has 1 aliphatic heterocycles. The van der Waals surface area contributed by atoms with E-state index in [1.54, 1.807) is 6.92 Å². The van der Waals surface area contributed by atoms with Gasteiger partial charge in [-0.1, -0.05) is 12.2 Å². The van der Waals surface area contributed by atoms with Gasteiger partial charge in [-0.15, -0.1) is 0 Å². The van der Waals surface area contributed by atoms with E-state index in [0.717, 1.165) is 24.6 Å². The molecule has 0 unspecified atom stereocenters. The van der Waals surface area contributed by atoms with Gasteiger partial charge < -0.3 is 41.5 Å². The smallest absolute Gasteiger partial charge is 0.322 e. The molecule has 0 aromatic carbocycles. The van der Waals surface area contributed by atoms with Crippen LogP contribution in [0.15, 0.2) is 12.2 Å². The summed E-state index contributed by atoms with van der Waals surface area (Å²) in [5, 5.41) is 43.5. The summed E-state index contributed by atoms with van der Waals surface area (Å²) in [6.45, 7) is 1.10. The molecule has 14 heteroatoms. The van der Waals surface area contributed by atoms with Crippen LogP contribution in [-0.2, 0) is 28.7 Å². The maximum atomic E-state index is 12.8. The molecule has 0 saturated heterocycles. The van der Waals surface area contributed by atoms with Crippen LogP contribution >= 0.6 is 11.8 Å². The van der Waals surface area contributed by atoms with Crippen molar-refractivity contribution in [3.63, 3.8) is 0 Å². The fourth-order valence-corrected chi connectivity index (χ4v) is 6.22. The van der Waals surface area contributed by atoms with Crippen LogP contribution in [0.3, 0.4) is 0 Å². The van der Waals surface area contributed by atoms with Crippen LogP contribution < -0.4 is 16.4 Å². The Morgan fingerprint density at radius 1 is 1.20 bits per heavy atom. The Balaban J connectivity index is 2.20. The minimum absolute atomic E-state index is 0.102. The SMILES string of the molecule is C[C@H]1CCC/C=C/[C@@H]2C[C@H](O)C[C@H]2[C@@H](O)[C@H](SC[C@H](NC(=O)CC[C@H](N)C(=O)O)C(=O)NCC(=O)O)CC(=O)O1. The zero-order valence-electron chi connectivity index (χ0n) is 22.6. The number of esters is 1. The number of fused-ring (bicyclic) bond motifs is 1. The van der Waals surface area contributed by atoms with Crippen molar-refractivity contribution >= 4 is 41.5 Å². The molecule has 0 bridgehead atoms. The van der Waals surface area contributed by atoms with E-state index in [1.807, 2.05) is 12.2 Å². The van der Waals surface area contributed by atoms with Crippen LogP contribution in [0, 0.1) is 11.8 Å². The molecule has 2 amide bonds. The lowest BCUT2D eigenvalue weighted by Crippen LogP contribution is -2.50. The van der Waals surface area contributed by atoms with Gasteiger partial charge in [-0.05, 0) is 57.3 Å². The van der Waals surface area contributed by atoms with Crippen LogP contribution in [-0.4, -0.2) is 98.1 Å². The highest BCUT2D eigenvalue weighted by atomic mass is 32.2. The predicted octanol–water partition coefficient (Wildman–Crippen LogP) is -0.224. The van der Waals surface area contributed by atoms with Gasteiger partial charge in [-0.25, -0.2) is 0 Å². The Hall–Kier alpha value is -2.68. The molecule has 0 aromatic rings. The van der Waals surface area contributed by atoms with Gasteiger partial charge >= 0.3 is 17.9 Å². The highest BCUT2D eigenvalue weighted by molar-refractivity contribution is 8.00. The molecule has 0 spiro atoms. The van der Waals surface area contributed by atoms with Crippen LogP contribution in [0.1, 0.15) is 58.3 Å². The van der Waals surface area contributed by atoms with E-state index in [9.17, 15) is 34.2 Å². The molecule has 1 fully saturated rings. The Morgan fingerprint density at radius 2 is 1.93 bits per heavy atom. The van der Waals surface area contributed by atoms with Crippen molar-refractivity contribution in [1.29, 1.82) is 0 Å². The summed E-state index contributed by atoms with van der Waals surface area (Å²) in [6, 6.07) is -2.51. The Kier molecular flexibility index (Phi) is 13.9. The number of nitrogens with two attached hydrogens (primary N) is 1. The molecule has 8 N–H and O–H groups in total. The van der Waals surface area contributed by atoms with Crippen molar-refractivity contribution in [2.24, 2.45) is 17.6 Å². The number of hydrogen-bond acceptors (Lipinski definition) is 10. The number of carboxylic acid groups (broad SMARTS) is 2. The molecular weight excluding hydrogens is 546 g/mol. The second-order valence-electron chi connectivity index (χ2n) is 10.4. The van der Waals surface area contributed by atoms with Crippen molar-refractivity contribution in [2.75, 3.05) is 12.3 Å². The number of ether oxygens (including phenoxy) is 1.